The fourth-order valence-electron chi connectivity index (χ4n) is 13.0. The maximum Gasteiger partial charge on any atom is 0.220 e. The van der Waals surface area contributed by atoms with Crippen molar-refractivity contribution in [2.45, 2.75) is 413 Å². The first-order valence-electron chi connectivity index (χ1n) is 37.4. The van der Waals surface area contributed by atoms with Crippen LogP contribution in [0, 0.1) is 0 Å². The summed E-state index contributed by atoms with van der Waals surface area (Å²) in [4.78, 5) is 13.4. The van der Waals surface area contributed by atoms with Gasteiger partial charge in [-0.25, -0.2) is 0 Å². The van der Waals surface area contributed by atoms with Gasteiger partial charge in [0.15, 0.2) is 18.9 Å². The number of amides is 1. The molecule has 3 saturated heterocycles. The Morgan fingerprint density at radius 1 is 0.385 bits per heavy atom. The number of aliphatic hydroxyl groups is 11. The highest BCUT2D eigenvalue weighted by Crippen LogP contribution is 2.33. The molecule has 0 spiro atoms. The Bertz CT molecular complexity index is 1700. The van der Waals surface area contributed by atoms with Crippen LogP contribution in [0.25, 0.3) is 0 Å². The second kappa shape index (κ2) is 54.5. The predicted octanol–water partition coefficient (Wildman–Crippen LogP) is 10.8. The lowest BCUT2D eigenvalue weighted by Gasteiger charge is -2.48. The SMILES string of the molecule is CCCCCCCCCCCCCCCCCCCCCC/C=C/C(O)C(COC1OC(CO)C(OC2OC(CO)C(OC3OC(CO)C(O)C(O)C3O)C(O)C2O)C(O)C1O)NC(=O)CCCCCCCCCCCCCCCCCCCCCCCCCC. The number of nitrogens with one attached hydrogen (secondary N) is 1. The molecule has 3 rings (SSSR count). The van der Waals surface area contributed by atoms with Gasteiger partial charge < -0.3 is 89.9 Å². The number of aliphatic hydroxyl groups excluding tert-OH is 11. The number of rotatable bonds is 59. The van der Waals surface area contributed by atoms with Gasteiger partial charge in [-0.1, -0.05) is 296 Å². The summed E-state index contributed by atoms with van der Waals surface area (Å²) >= 11 is 0. The lowest BCUT2D eigenvalue weighted by Crippen LogP contribution is -2.66. The van der Waals surface area contributed by atoms with Gasteiger partial charge in [0, 0.05) is 6.42 Å². The van der Waals surface area contributed by atoms with E-state index in [1.54, 1.807) is 6.08 Å². The molecule has 17 unspecified atom stereocenters. The zero-order chi connectivity index (χ0) is 66.1. The number of ether oxygens (including phenoxy) is 6. The minimum atomic E-state index is -1.98. The predicted molar refractivity (Wildman–Crippen MR) is 356 cm³/mol. The lowest BCUT2D eigenvalue weighted by molar-refractivity contribution is -0.379. The van der Waals surface area contributed by atoms with Crippen LogP contribution in [0.5, 0.6) is 0 Å². The van der Waals surface area contributed by atoms with E-state index < -0.39 is 124 Å². The molecule has 0 aromatic carbocycles. The molecule has 0 aromatic rings. The number of carbonyl (C=O) groups excluding carboxylic acids is 1. The van der Waals surface area contributed by atoms with Crippen LogP contribution in [0.3, 0.4) is 0 Å². The van der Waals surface area contributed by atoms with E-state index in [9.17, 15) is 61.0 Å². The first-order valence-corrected chi connectivity index (χ1v) is 37.4. The van der Waals surface area contributed by atoms with E-state index >= 15 is 0 Å². The Labute approximate surface area is 550 Å². The van der Waals surface area contributed by atoms with Gasteiger partial charge in [-0.15, -0.1) is 0 Å². The Morgan fingerprint density at radius 2 is 0.681 bits per heavy atom. The summed E-state index contributed by atoms with van der Waals surface area (Å²) in [5, 5.41) is 121. The van der Waals surface area contributed by atoms with Crippen molar-refractivity contribution in [2.24, 2.45) is 0 Å². The van der Waals surface area contributed by atoms with Crippen LogP contribution in [0.1, 0.15) is 309 Å². The molecule has 19 heteroatoms. The smallest absolute Gasteiger partial charge is 0.220 e. The van der Waals surface area contributed by atoms with Crippen molar-refractivity contribution in [1.29, 1.82) is 0 Å². The fraction of sp³-hybridized carbons (Fsp3) is 0.958. The highest BCUT2D eigenvalue weighted by Gasteiger charge is 2.53. The molecule has 0 saturated carbocycles. The van der Waals surface area contributed by atoms with Gasteiger partial charge in [-0.3, -0.25) is 4.79 Å². The fourth-order valence-corrected chi connectivity index (χ4v) is 13.0. The van der Waals surface area contributed by atoms with E-state index in [4.69, 9.17) is 28.4 Å². The molecular formula is C72H137NO18. The third-order valence-corrected chi connectivity index (χ3v) is 19.1. The van der Waals surface area contributed by atoms with Gasteiger partial charge in [-0.05, 0) is 19.3 Å². The van der Waals surface area contributed by atoms with Crippen molar-refractivity contribution in [3.8, 4) is 0 Å². The average molecular weight is 1300 g/mol. The number of hydrogen-bond acceptors (Lipinski definition) is 18. The van der Waals surface area contributed by atoms with Crippen molar-refractivity contribution < 1.29 is 89.4 Å². The summed E-state index contributed by atoms with van der Waals surface area (Å²) in [5.41, 5.74) is 0. The lowest BCUT2D eigenvalue weighted by atomic mass is 9.96. The molecule has 0 aromatic heterocycles. The highest BCUT2D eigenvalue weighted by atomic mass is 16.8. The molecule has 0 radical (unpaired) electrons. The van der Waals surface area contributed by atoms with E-state index in [1.807, 2.05) is 6.08 Å². The molecule has 538 valence electrons. The maximum atomic E-state index is 13.4. The molecule has 0 bridgehead atoms. The van der Waals surface area contributed by atoms with Crippen LogP contribution >= 0.6 is 0 Å². The van der Waals surface area contributed by atoms with E-state index in [1.165, 1.54) is 238 Å². The number of carbonyl (C=O) groups is 1. The third-order valence-electron chi connectivity index (χ3n) is 19.1. The zero-order valence-corrected chi connectivity index (χ0v) is 57.1. The molecule has 3 aliphatic heterocycles. The summed E-state index contributed by atoms with van der Waals surface area (Å²) in [5.74, 6) is -0.268. The normalized spacial score (nSPS) is 27.9. The second-order valence-corrected chi connectivity index (χ2v) is 27.1. The zero-order valence-electron chi connectivity index (χ0n) is 57.1. The van der Waals surface area contributed by atoms with Gasteiger partial charge in [0.2, 0.25) is 5.91 Å². The largest absolute Gasteiger partial charge is 0.394 e. The Kier molecular flexibility index (Phi) is 50.2. The molecule has 3 aliphatic rings. The standard InChI is InChI=1S/C72H137NO18/c1-3-5-7-9-11-13-15-17-19-21-23-25-27-28-30-32-34-36-38-40-42-44-46-48-50-60(78)73-55(56(77)49-47-45-43-41-39-37-35-33-31-29-26-24-22-20-18-16-14-12-10-8-6-4-2)54-86-70-66(84)63(81)68(58(52-75)88-70)91-72-67(85)64(82)69(59(53-76)89-72)90-71-65(83)62(80)61(79)57(51-74)87-71/h47,49,55-59,61-72,74-77,79-85H,3-46,48,50-54H2,1-2H3,(H,73,78)/b49-47+. The maximum absolute atomic E-state index is 13.4. The quantitative estimate of drug-likeness (QED) is 0.0199. The van der Waals surface area contributed by atoms with E-state index in [0.29, 0.717) is 6.42 Å². The van der Waals surface area contributed by atoms with Crippen LogP contribution in [-0.4, -0.2) is 193 Å². The topological polar surface area (TPSA) is 307 Å². The van der Waals surface area contributed by atoms with Gasteiger partial charge in [0.25, 0.3) is 0 Å². The molecule has 1 amide bonds. The molecule has 19 nitrogen and oxygen atoms in total. The molecular weight excluding hydrogens is 1170 g/mol. The Morgan fingerprint density at radius 3 is 1.03 bits per heavy atom. The molecule has 91 heavy (non-hydrogen) atoms. The average Bonchev–Trinajstić information content (AvgIpc) is 0.884. The van der Waals surface area contributed by atoms with Crippen LogP contribution in [-0.2, 0) is 33.2 Å². The van der Waals surface area contributed by atoms with Crippen molar-refractivity contribution in [3.63, 3.8) is 0 Å². The number of hydrogen-bond donors (Lipinski definition) is 12. The number of unbranched alkanes of at least 4 members (excludes halogenated alkanes) is 43. The van der Waals surface area contributed by atoms with Crippen molar-refractivity contribution in [3.05, 3.63) is 12.2 Å². The summed E-state index contributed by atoms with van der Waals surface area (Å²) < 4.78 is 34.4. The first kappa shape index (κ1) is 83.8. The monoisotopic (exact) mass is 1300 g/mol. The van der Waals surface area contributed by atoms with Crippen molar-refractivity contribution in [1.82, 2.24) is 5.32 Å². The minimum absolute atomic E-state index is 0.250. The summed E-state index contributed by atoms with van der Waals surface area (Å²) in [6, 6.07) is -0.969. The molecule has 0 aliphatic carbocycles. The van der Waals surface area contributed by atoms with Gasteiger partial charge in [-0.2, -0.15) is 0 Å². The van der Waals surface area contributed by atoms with Crippen molar-refractivity contribution in [2.75, 3.05) is 26.4 Å². The van der Waals surface area contributed by atoms with Gasteiger partial charge in [0.05, 0.1) is 38.6 Å². The highest BCUT2D eigenvalue weighted by molar-refractivity contribution is 5.76. The molecule has 17 atom stereocenters. The summed E-state index contributed by atoms with van der Waals surface area (Å²) in [6.07, 6.45) is 34.7. The Balaban J connectivity index is 1.41. The van der Waals surface area contributed by atoms with Crippen LogP contribution in [0.4, 0.5) is 0 Å². The van der Waals surface area contributed by atoms with Crippen LogP contribution < -0.4 is 5.32 Å². The second-order valence-electron chi connectivity index (χ2n) is 27.1. The van der Waals surface area contributed by atoms with E-state index in [0.717, 1.165) is 44.9 Å². The summed E-state index contributed by atoms with van der Waals surface area (Å²) in [7, 11) is 0. The van der Waals surface area contributed by atoms with Crippen LogP contribution in [0.15, 0.2) is 12.2 Å². The third kappa shape index (κ3) is 36.1. The van der Waals surface area contributed by atoms with Gasteiger partial charge >= 0.3 is 0 Å². The minimum Gasteiger partial charge on any atom is -0.394 e. The Hall–Kier alpha value is -1.47. The van der Waals surface area contributed by atoms with Crippen LogP contribution in [0.2, 0.25) is 0 Å². The van der Waals surface area contributed by atoms with Crippen molar-refractivity contribution >= 4 is 5.91 Å². The van der Waals surface area contributed by atoms with Gasteiger partial charge in [0.1, 0.15) is 73.2 Å². The van der Waals surface area contributed by atoms with E-state index in [2.05, 4.69) is 19.2 Å². The molecule has 12 N–H and O–H groups in total. The first-order chi connectivity index (χ1) is 44.3. The van der Waals surface area contributed by atoms with E-state index in [-0.39, 0.29) is 18.9 Å². The summed E-state index contributed by atoms with van der Waals surface area (Å²) in [6.45, 7) is 1.79. The number of allylic oxidation sites excluding steroid dienone is 1. The molecule has 3 fully saturated rings. The molecule has 3 heterocycles.